The number of ether oxygens (including phenoxy) is 1. The van der Waals surface area contributed by atoms with Crippen molar-refractivity contribution in [3.05, 3.63) is 40.3 Å². The Balaban J connectivity index is 1.90. The number of carboxylic acid groups (broad SMARTS) is 1. The van der Waals surface area contributed by atoms with Crippen molar-refractivity contribution in [3.8, 4) is 0 Å². The molecule has 0 saturated carbocycles. The number of carbonyl (C=O) groups excluding carboxylic acids is 1. The Morgan fingerprint density at radius 1 is 1.38 bits per heavy atom. The number of amides is 1. The lowest BCUT2D eigenvalue weighted by Crippen LogP contribution is -2.55. The molecule has 2 heterocycles. The minimum atomic E-state index is -1.40. The summed E-state index contributed by atoms with van der Waals surface area (Å²) in [7, 11) is 1.51. The molecule has 1 aromatic carbocycles. The Kier molecular flexibility index (Phi) is 4.06. The van der Waals surface area contributed by atoms with Gasteiger partial charge in [0.15, 0.2) is 5.54 Å². The topological polar surface area (TPSA) is 111 Å². The van der Waals surface area contributed by atoms with Gasteiger partial charge in [-0.15, -0.1) is 0 Å². The monoisotopic (exact) mass is 331 g/mol. The van der Waals surface area contributed by atoms with Gasteiger partial charge in [0, 0.05) is 25.5 Å². The zero-order chi connectivity index (χ0) is 17.3. The van der Waals surface area contributed by atoms with Crippen LogP contribution in [0.3, 0.4) is 0 Å². The molecule has 126 valence electrons. The Hall–Kier alpha value is -2.74. The Labute approximate surface area is 137 Å². The second kappa shape index (κ2) is 6.04. The predicted octanol–water partition coefficient (Wildman–Crippen LogP) is -0.164. The van der Waals surface area contributed by atoms with Crippen LogP contribution in [0.5, 0.6) is 0 Å². The lowest BCUT2D eigenvalue weighted by molar-refractivity contribution is -0.147. The Morgan fingerprint density at radius 2 is 2.08 bits per heavy atom. The highest BCUT2D eigenvalue weighted by Gasteiger charge is 2.43. The standard InChI is InChI=1S/C16H17N3O5/c1-19-14(21)11-5-3-2-4-10(11)12(18-19)8-13(20)17-16(15(22)23)6-7-24-9-16/h2-5H,6-9H2,1H3,(H,17,20)(H,22,23). The van der Waals surface area contributed by atoms with Gasteiger partial charge >= 0.3 is 5.97 Å². The molecule has 2 N–H and O–H groups in total. The zero-order valence-electron chi connectivity index (χ0n) is 13.1. The number of carboxylic acids is 1. The minimum Gasteiger partial charge on any atom is -0.479 e. The van der Waals surface area contributed by atoms with Crippen molar-refractivity contribution >= 4 is 22.6 Å². The summed E-state index contributed by atoms with van der Waals surface area (Å²) in [6.07, 6.45) is 0.0964. The van der Waals surface area contributed by atoms with E-state index < -0.39 is 17.4 Å². The largest absolute Gasteiger partial charge is 0.479 e. The van der Waals surface area contributed by atoms with Gasteiger partial charge in [-0.05, 0) is 6.07 Å². The molecular formula is C16H17N3O5. The Morgan fingerprint density at radius 3 is 2.71 bits per heavy atom. The highest BCUT2D eigenvalue weighted by Crippen LogP contribution is 2.20. The molecule has 0 bridgehead atoms. The van der Waals surface area contributed by atoms with Crippen molar-refractivity contribution in [2.75, 3.05) is 13.2 Å². The molecule has 1 fully saturated rings. The van der Waals surface area contributed by atoms with Crippen LogP contribution in [-0.4, -0.2) is 45.5 Å². The Bertz CT molecular complexity index is 868. The lowest BCUT2D eigenvalue weighted by atomic mass is 9.98. The molecule has 1 aliphatic heterocycles. The average Bonchev–Trinajstić information content (AvgIpc) is 3.02. The first-order valence-corrected chi connectivity index (χ1v) is 7.50. The van der Waals surface area contributed by atoms with Gasteiger partial charge < -0.3 is 15.2 Å². The van der Waals surface area contributed by atoms with Crippen molar-refractivity contribution in [1.82, 2.24) is 15.1 Å². The molecule has 8 nitrogen and oxygen atoms in total. The summed E-state index contributed by atoms with van der Waals surface area (Å²) in [6, 6.07) is 6.89. The first-order valence-electron chi connectivity index (χ1n) is 7.50. The van der Waals surface area contributed by atoms with Gasteiger partial charge in [0.05, 0.1) is 24.1 Å². The van der Waals surface area contributed by atoms with Crippen molar-refractivity contribution in [1.29, 1.82) is 0 Å². The summed E-state index contributed by atoms with van der Waals surface area (Å²) >= 11 is 0. The van der Waals surface area contributed by atoms with Gasteiger partial charge in [-0.1, -0.05) is 18.2 Å². The summed E-state index contributed by atoms with van der Waals surface area (Å²) in [4.78, 5) is 35.9. The van der Waals surface area contributed by atoms with E-state index in [0.29, 0.717) is 16.5 Å². The highest BCUT2D eigenvalue weighted by atomic mass is 16.5. The van der Waals surface area contributed by atoms with E-state index in [4.69, 9.17) is 4.74 Å². The van der Waals surface area contributed by atoms with Gasteiger partial charge in [-0.3, -0.25) is 9.59 Å². The van der Waals surface area contributed by atoms with Crippen LogP contribution in [0.1, 0.15) is 12.1 Å². The molecule has 0 aliphatic carbocycles. The van der Waals surface area contributed by atoms with Gasteiger partial charge in [0.1, 0.15) is 0 Å². The molecule has 1 unspecified atom stereocenters. The van der Waals surface area contributed by atoms with Gasteiger partial charge in [0.25, 0.3) is 5.56 Å². The smallest absolute Gasteiger partial charge is 0.331 e. The van der Waals surface area contributed by atoms with Crippen LogP contribution >= 0.6 is 0 Å². The zero-order valence-corrected chi connectivity index (χ0v) is 13.1. The number of nitrogens with one attached hydrogen (secondary N) is 1. The average molecular weight is 331 g/mol. The minimum absolute atomic E-state index is 0.0600. The summed E-state index contributed by atoms with van der Waals surface area (Å²) in [5.74, 6) is -1.59. The van der Waals surface area contributed by atoms with Crippen molar-refractivity contribution in [3.63, 3.8) is 0 Å². The lowest BCUT2D eigenvalue weighted by Gasteiger charge is -2.23. The molecule has 1 aromatic heterocycles. The second-order valence-corrected chi connectivity index (χ2v) is 5.84. The number of aliphatic carboxylic acids is 1. The van der Waals surface area contributed by atoms with E-state index in [1.807, 2.05) is 0 Å². The first kappa shape index (κ1) is 16.1. The summed E-state index contributed by atoms with van der Waals surface area (Å²) in [5.41, 5.74) is -1.22. The molecule has 2 aromatic rings. The SMILES string of the molecule is Cn1nc(CC(=O)NC2(C(=O)O)CCOC2)c2ccccc2c1=O. The molecule has 1 amide bonds. The van der Waals surface area contributed by atoms with E-state index in [1.165, 1.54) is 11.7 Å². The first-order chi connectivity index (χ1) is 11.4. The fourth-order valence-corrected chi connectivity index (χ4v) is 2.86. The fraction of sp³-hybridized carbons (Fsp3) is 0.375. The molecule has 0 radical (unpaired) electrons. The van der Waals surface area contributed by atoms with E-state index in [0.717, 1.165) is 0 Å². The third kappa shape index (κ3) is 2.76. The summed E-state index contributed by atoms with van der Waals surface area (Å²) in [5, 5.41) is 17.1. The van der Waals surface area contributed by atoms with E-state index in [9.17, 15) is 19.5 Å². The molecule has 1 atom stereocenters. The number of carbonyl (C=O) groups is 2. The van der Waals surface area contributed by atoms with E-state index in [-0.39, 0.29) is 31.6 Å². The number of benzene rings is 1. The number of aromatic nitrogens is 2. The molecular weight excluding hydrogens is 314 g/mol. The fourth-order valence-electron chi connectivity index (χ4n) is 2.86. The number of hydrogen-bond acceptors (Lipinski definition) is 5. The maximum Gasteiger partial charge on any atom is 0.331 e. The van der Waals surface area contributed by atoms with Crippen LogP contribution in [0, 0.1) is 0 Å². The number of nitrogens with zero attached hydrogens (tertiary/aromatic N) is 2. The molecule has 1 aliphatic rings. The van der Waals surface area contributed by atoms with Crippen molar-refractivity contribution in [2.45, 2.75) is 18.4 Å². The molecule has 1 saturated heterocycles. The number of hydrogen-bond donors (Lipinski definition) is 2. The highest BCUT2D eigenvalue weighted by molar-refractivity contribution is 5.91. The van der Waals surface area contributed by atoms with Crippen LogP contribution in [0.4, 0.5) is 0 Å². The van der Waals surface area contributed by atoms with Crippen LogP contribution in [0.25, 0.3) is 10.8 Å². The van der Waals surface area contributed by atoms with Gasteiger partial charge in [-0.2, -0.15) is 5.10 Å². The number of fused-ring (bicyclic) bond motifs is 1. The summed E-state index contributed by atoms with van der Waals surface area (Å²) < 4.78 is 6.30. The maximum absolute atomic E-state index is 12.4. The van der Waals surface area contributed by atoms with Crippen LogP contribution in [0.2, 0.25) is 0 Å². The number of aryl methyl sites for hydroxylation is 1. The van der Waals surface area contributed by atoms with Gasteiger partial charge in [-0.25, -0.2) is 9.48 Å². The molecule has 3 rings (SSSR count). The molecule has 24 heavy (non-hydrogen) atoms. The van der Waals surface area contributed by atoms with Crippen molar-refractivity contribution < 1.29 is 19.4 Å². The van der Waals surface area contributed by atoms with E-state index >= 15 is 0 Å². The summed E-state index contributed by atoms with van der Waals surface area (Å²) in [6.45, 7) is 0.225. The van der Waals surface area contributed by atoms with Crippen LogP contribution < -0.4 is 10.9 Å². The molecule has 0 spiro atoms. The van der Waals surface area contributed by atoms with E-state index in [2.05, 4.69) is 10.4 Å². The quantitative estimate of drug-likeness (QED) is 0.805. The van der Waals surface area contributed by atoms with Crippen LogP contribution in [0.15, 0.2) is 29.1 Å². The third-order valence-electron chi connectivity index (χ3n) is 4.17. The third-order valence-corrected chi connectivity index (χ3v) is 4.17. The number of rotatable bonds is 4. The van der Waals surface area contributed by atoms with E-state index in [1.54, 1.807) is 24.3 Å². The van der Waals surface area contributed by atoms with Gasteiger partial charge in [0.2, 0.25) is 5.91 Å². The molecule has 8 heteroatoms. The maximum atomic E-state index is 12.4. The second-order valence-electron chi connectivity index (χ2n) is 5.84. The normalized spacial score (nSPS) is 20.2. The van der Waals surface area contributed by atoms with Crippen molar-refractivity contribution in [2.24, 2.45) is 7.05 Å². The van der Waals surface area contributed by atoms with Crippen LogP contribution in [-0.2, 0) is 27.8 Å². The predicted molar refractivity (Wildman–Crippen MR) is 84.6 cm³/mol.